The number of hydrogen-bond acceptors (Lipinski definition) is 2. The fourth-order valence-electron chi connectivity index (χ4n) is 1.81. The van der Waals surface area contributed by atoms with Crippen LogP contribution in [-0.4, -0.2) is 25.6 Å². The Morgan fingerprint density at radius 1 is 1.38 bits per heavy atom. The highest BCUT2D eigenvalue weighted by Gasteiger charge is 2.05. The highest BCUT2D eigenvalue weighted by molar-refractivity contribution is 9.10. The molecule has 2 nitrogen and oxygen atoms in total. The summed E-state index contributed by atoms with van der Waals surface area (Å²) in [7, 11) is 3.84. The molecule has 0 saturated carbocycles. The van der Waals surface area contributed by atoms with Gasteiger partial charge in [0.2, 0.25) is 0 Å². The molecular weight excluding hydrogens is 266 g/mol. The van der Waals surface area contributed by atoms with E-state index in [1.807, 2.05) is 6.07 Å². The van der Waals surface area contributed by atoms with Crippen LogP contribution in [0.25, 0.3) is 0 Å². The van der Waals surface area contributed by atoms with Gasteiger partial charge in [-0.25, -0.2) is 0 Å². The topological polar surface area (TPSA) is 12.5 Å². The maximum atomic E-state index is 5.21. The molecule has 1 aromatic rings. The molecule has 0 unspecified atom stereocenters. The number of nitrogens with zero attached hydrogens (tertiary/aromatic N) is 1. The number of ether oxygens (including phenoxy) is 1. The molecule has 0 atom stereocenters. The molecule has 0 heterocycles. The molecular formula is C13H20BrNO. The molecule has 0 N–H and O–H groups in total. The summed E-state index contributed by atoms with van der Waals surface area (Å²) in [5.41, 5.74) is 1.30. The molecule has 0 bridgehead atoms. The SMILES string of the molecule is COc1ccc(CN(C)CC(C)C)cc1Br. The largest absolute Gasteiger partial charge is 0.496 e. The normalized spacial score (nSPS) is 11.2. The lowest BCUT2D eigenvalue weighted by Gasteiger charge is -2.19. The lowest BCUT2D eigenvalue weighted by Crippen LogP contribution is -2.22. The Morgan fingerprint density at radius 3 is 2.56 bits per heavy atom. The first-order valence-electron chi connectivity index (χ1n) is 5.54. The molecule has 16 heavy (non-hydrogen) atoms. The first-order valence-corrected chi connectivity index (χ1v) is 6.33. The van der Waals surface area contributed by atoms with Crippen LogP contribution in [-0.2, 0) is 6.54 Å². The lowest BCUT2D eigenvalue weighted by molar-refractivity contribution is 0.288. The van der Waals surface area contributed by atoms with E-state index >= 15 is 0 Å². The van der Waals surface area contributed by atoms with Crippen molar-refractivity contribution in [1.29, 1.82) is 0 Å². The summed E-state index contributed by atoms with van der Waals surface area (Å²) in [6.07, 6.45) is 0. The lowest BCUT2D eigenvalue weighted by atomic mass is 10.1. The average molecular weight is 286 g/mol. The van der Waals surface area contributed by atoms with Gasteiger partial charge in [0.15, 0.2) is 0 Å². The van der Waals surface area contributed by atoms with Crippen molar-refractivity contribution in [2.75, 3.05) is 20.7 Å². The van der Waals surface area contributed by atoms with Crippen molar-refractivity contribution in [2.45, 2.75) is 20.4 Å². The molecule has 0 aliphatic rings. The summed E-state index contributed by atoms with van der Waals surface area (Å²) in [5, 5.41) is 0. The van der Waals surface area contributed by atoms with Crippen molar-refractivity contribution < 1.29 is 4.74 Å². The minimum absolute atomic E-state index is 0.701. The Hall–Kier alpha value is -0.540. The second kappa shape index (κ2) is 6.26. The van der Waals surface area contributed by atoms with Gasteiger partial charge in [0.25, 0.3) is 0 Å². The number of methoxy groups -OCH3 is 1. The first kappa shape index (κ1) is 13.5. The number of halogens is 1. The molecule has 0 saturated heterocycles. The Bertz CT molecular complexity index is 339. The fraction of sp³-hybridized carbons (Fsp3) is 0.538. The third-order valence-corrected chi connectivity index (χ3v) is 2.97. The van der Waals surface area contributed by atoms with Crippen molar-refractivity contribution in [1.82, 2.24) is 4.90 Å². The molecule has 0 fully saturated rings. The van der Waals surface area contributed by atoms with Gasteiger partial charge in [-0.1, -0.05) is 19.9 Å². The molecule has 90 valence electrons. The van der Waals surface area contributed by atoms with Gasteiger partial charge in [0.1, 0.15) is 5.75 Å². The molecule has 0 spiro atoms. The van der Waals surface area contributed by atoms with E-state index in [-0.39, 0.29) is 0 Å². The molecule has 0 amide bonds. The summed E-state index contributed by atoms with van der Waals surface area (Å²) in [5.74, 6) is 1.59. The monoisotopic (exact) mass is 285 g/mol. The second-order valence-electron chi connectivity index (χ2n) is 4.56. The fourth-order valence-corrected chi connectivity index (χ4v) is 2.40. The van der Waals surface area contributed by atoms with Crippen molar-refractivity contribution in [2.24, 2.45) is 5.92 Å². The van der Waals surface area contributed by atoms with Gasteiger partial charge in [-0.2, -0.15) is 0 Å². The summed E-state index contributed by atoms with van der Waals surface area (Å²) in [6, 6.07) is 6.23. The Morgan fingerprint density at radius 2 is 2.06 bits per heavy atom. The second-order valence-corrected chi connectivity index (χ2v) is 5.41. The smallest absolute Gasteiger partial charge is 0.133 e. The van der Waals surface area contributed by atoms with Crippen LogP contribution in [0.3, 0.4) is 0 Å². The molecule has 0 aliphatic heterocycles. The van der Waals surface area contributed by atoms with Crippen LogP contribution in [0.5, 0.6) is 5.75 Å². The van der Waals surface area contributed by atoms with Crippen molar-refractivity contribution in [3.63, 3.8) is 0 Å². The zero-order valence-corrected chi connectivity index (χ0v) is 12.0. The summed E-state index contributed by atoms with van der Waals surface area (Å²) >= 11 is 3.50. The molecule has 0 aromatic heterocycles. The molecule has 1 aromatic carbocycles. The standard InChI is InChI=1S/C13H20BrNO/c1-10(2)8-15(3)9-11-5-6-13(16-4)12(14)7-11/h5-7,10H,8-9H2,1-4H3. The zero-order chi connectivity index (χ0) is 12.1. The first-order chi connectivity index (χ1) is 7.52. The van der Waals surface area contributed by atoms with E-state index in [0.29, 0.717) is 5.92 Å². The van der Waals surface area contributed by atoms with E-state index in [2.05, 4.69) is 53.9 Å². The van der Waals surface area contributed by atoms with E-state index in [1.165, 1.54) is 5.56 Å². The van der Waals surface area contributed by atoms with Gasteiger partial charge in [0, 0.05) is 13.1 Å². The molecule has 0 aliphatic carbocycles. The quantitative estimate of drug-likeness (QED) is 0.821. The highest BCUT2D eigenvalue weighted by atomic mass is 79.9. The molecule has 0 radical (unpaired) electrons. The van der Waals surface area contributed by atoms with Gasteiger partial charge in [-0.05, 0) is 46.6 Å². The van der Waals surface area contributed by atoms with E-state index in [0.717, 1.165) is 23.3 Å². The van der Waals surface area contributed by atoms with Crippen molar-refractivity contribution in [3.8, 4) is 5.75 Å². The predicted octanol–water partition coefficient (Wildman–Crippen LogP) is 3.55. The van der Waals surface area contributed by atoms with Crippen LogP contribution < -0.4 is 4.74 Å². The van der Waals surface area contributed by atoms with Crippen LogP contribution in [0.1, 0.15) is 19.4 Å². The Labute approximate surface area is 107 Å². The average Bonchev–Trinajstić information content (AvgIpc) is 2.16. The van der Waals surface area contributed by atoms with E-state index in [9.17, 15) is 0 Å². The molecule has 3 heteroatoms. The van der Waals surface area contributed by atoms with Crippen LogP contribution in [0.15, 0.2) is 22.7 Å². The summed E-state index contributed by atoms with van der Waals surface area (Å²) in [6.45, 7) is 6.56. The Kier molecular flexibility index (Phi) is 5.29. The minimum atomic E-state index is 0.701. The van der Waals surface area contributed by atoms with E-state index in [1.54, 1.807) is 7.11 Å². The van der Waals surface area contributed by atoms with Crippen molar-refractivity contribution >= 4 is 15.9 Å². The van der Waals surface area contributed by atoms with Gasteiger partial charge in [-0.15, -0.1) is 0 Å². The zero-order valence-electron chi connectivity index (χ0n) is 10.5. The van der Waals surface area contributed by atoms with Crippen LogP contribution >= 0.6 is 15.9 Å². The van der Waals surface area contributed by atoms with Crippen molar-refractivity contribution in [3.05, 3.63) is 28.2 Å². The number of hydrogen-bond donors (Lipinski definition) is 0. The highest BCUT2D eigenvalue weighted by Crippen LogP contribution is 2.25. The Balaban J connectivity index is 2.64. The molecule has 1 rings (SSSR count). The third-order valence-electron chi connectivity index (χ3n) is 2.35. The van der Waals surface area contributed by atoms with Gasteiger partial charge in [-0.3, -0.25) is 0 Å². The maximum Gasteiger partial charge on any atom is 0.133 e. The van der Waals surface area contributed by atoms with E-state index < -0.39 is 0 Å². The summed E-state index contributed by atoms with van der Waals surface area (Å²) in [4.78, 5) is 2.33. The van der Waals surface area contributed by atoms with Gasteiger partial charge >= 0.3 is 0 Å². The van der Waals surface area contributed by atoms with Crippen LogP contribution in [0.4, 0.5) is 0 Å². The predicted molar refractivity (Wildman–Crippen MR) is 71.9 cm³/mol. The van der Waals surface area contributed by atoms with Crippen LogP contribution in [0, 0.1) is 5.92 Å². The van der Waals surface area contributed by atoms with Gasteiger partial charge in [0.05, 0.1) is 11.6 Å². The number of benzene rings is 1. The van der Waals surface area contributed by atoms with Gasteiger partial charge < -0.3 is 9.64 Å². The third kappa shape index (κ3) is 4.14. The summed E-state index contributed by atoms with van der Waals surface area (Å²) < 4.78 is 6.23. The van der Waals surface area contributed by atoms with E-state index in [4.69, 9.17) is 4.74 Å². The van der Waals surface area contributed by atoms with Crippen LogP contribution in [0.2, 0.25) is 0 Å². The minimum Gasteiger partial charge on any atom is -0.496 e. The maximum absolute atomic E-state index is 5.21. The number of rotatable bonds is 5.